The lowest BCUT2D eigenvalue weighted by molar-refractivity contribution is 0.202. The monoisotopic (exact) mass is 382 g/mol. The molecule has 2 rings (SSSR count). The maximum Gasteiger partial charge on any atom is 0.631 e. The molecule has 0 spiro atoms. The summed E-state index contributed by atoms with van der Waals surface area (Å²) in [5.74, 6) is 1.62. The normalized spacial score (nSPS) is 11.0. The molecule has 0 unspecified atom stereocenters. The highest BCUT2D eigenvalue weighted by molar-refractivity contribution is 6.62. The van der Waals surface area contributed by atoms with Crippen molar-refractivity contribution in [2.45, 2.75) is 38.7 Å². The Balaban J connectivity index is 2.38. The van der Waals surface area contributed by atoms with Gasteiger partial charge in [0.1, 0.15) is 11.5 Å². The van der Waals surface area contributed by atoms with Crippen LogP contribution in [0.5, 0.6) is 11.5 Å². The number of allylic oxidation sites excluding steroid dienone is 2. The lowest BCUT2D eigenvalue weighted by atomic mass is 10.1. The van der Waals surface area contributed by atoms with E-state index in [0.29, 0.717) is 0 Å². The van der Waals surface area contributed by atoms with Gasteiger partial charge in [-0.25, -0.2) is 0 Å². The minimum atomic E-state index is -2.96. The zero-order chi connectivity index (χ0) is 19.5. The van der Waals surface area contributed by atoms with Crippen molar-refractivity contribution in [2.75, 3.05) is 7.11 Å². The predicted molar refractivity (Wildman–Crippen MR) is 114 cm³/mol. The lowest BCUT2D eigenvalue weighted by Crippen LogP contribution is -2.51. The van der Waals surface area contributed by atoms with Gasteiger partial charge >= 0.3 is 8.80 Å². The van der Waals surface area contributed by atoms with E-state index in [-0.39, 0.29) is 0 Å². The first-order valence-corrected chi connectivity index (χ1v) is 11.4. The van der Waals surface area contributed by atoms with Crippen molar-refractivity contribution in [3.63, 3.8) is 0 Å². The fourth-order valence-electron chi connectivity index (χ4n) is 2.89. The number of unbranched alkanes of at least 4 members (excludes halogenated alkanes) is 1. The molecule has 0 aliphatic heterocycles. The number of hydrogen-bond acceptors (Lipinski definition) is 3. The minimum absolute atomic E-state index is 0.741. The Hall–Kier alpha value is -2.30. The first kappa shape index (κ1) is 21.0. The van der Waals surface area contributed by atoms with Crippen molar-refractivity contribution in [1.82, 2.24) is 0 Å². The van der Waals surface area contributed by atoms with E-state index in [1.54, 1.807) is 7.11 Å². The van der Waals surface area contributed by atoms with Gasteiger partial charge in [0.05, 0.1) is 0 Å². The Bertz CT molecular complexity index is 686. The molecular formula is C23H30O3Si. The van der Waals surface area contributed by atoms with Gasteiger partial charge in [-0.05, 0) is 42.5 Å². The zero-order valence-electron chi connectivity index (χ0n) is 16.4. The van der Waals surface area contributed by atoms with Crippen LogP contribution in [0.15, 0.2) is 73.8 Å². The molecule has 0 amide bonds. The Labute approximate surface area is 164 Å². The Morgan fingerprint density at radius 1 is 0.852 bits per heavy atom. The molecule has 0 N–H and O–H groups in total. The molecule has 0 radical (unpaired) electrons. The zero-order valence-corrected chi connectivity index (χ0v) is 17.4. The summed E-state index contributed by atoms with van der Waals surface area (Å²) in [6.07, 6.45) is 7.27. The number of benzene rings is 2. The molecule has 27 heavy (non-hydrogen) atoms. The molecule has 0 saturated carbocycles. The quantitative estimate of drug-likeness (QED) is 0.333. The molecule has 0 aliphatic rings. The topological polar surface area (TPSA) is 27.7 Å². The van der Waals surface area contributed by atoms with Gasteiger partial charge in [-0.1, -0.05) is 61.9 Å². The van der Waals surface area contributed by atoms with Gasteiger partial charge in [-0.2, -0.15) is 0 Å². The summed E-state index contributed by atoms with van der Waals surface area (Å²) in [5.41, 5.74) is 2.17. The van der Waals surface area contributed by atoms with E-state index in [1.807, 2.05) is 48.6 Å². The van der Waals surface area contributed by atoms with Gasteiger partial charge in [0, 0.05) is 13.2 Å². The molecule has 0 atom stereocenters. The Kier molecular flexibility index (Phi) is 8.36. The molecule has 3 nitrogen and oxygen atoms in total. The van der Waals surface area contributed by atoms with Crippen LogP contribution in [0, 0.1) is 0 Å². The van der Waals surface area contributed by atoms with Gasteiger partial charge in [0.25, 0.3) is 0 Å². The summed E-state index contributed by atoms with van der Waals surface area (Å²) in [5, 5.41) is 0. The molecule has 0 bridgehead atoms. The van der Waals surface area contributed by atoms with E-state index >= 15 is 0 Å². The third-order valence-electron chi connectivity index (χ3n) is 4.35. The highest BCUT2D eigenvalue weighted by atomic mass is 28.4. The van der Waals surface area contributed by atoms with Crippen molar-refractivity contribution in [3.8, 4) is 11.5 Å². The highest BCUT2D eigenvalue weighted by Gasteiger charge is 2.45. The summed E-state index contributed by atoms with van der Waals surface area (Å²) in [4.78, 5) is 0. The van der Waals surface area contributed by atoms with E-state index in [2.05, 4.69) is 32.2 Å². The van der Waals surface area contributed by atoms with Crippen LogP contribution >= 0.6 is 0 Å². The largest absolute Gasteiger partial charge is 0.631 e. The van der Waals surface area contributed by atoms with Crippen LogP contribution in [0.25, 0.3) is 0 Å². The molecule has 0 aliphatic carbocycles. The Morgan fingerprint density at radius 2 is 1.33 bits per heavy atom. The average Bonchev–Trinajstić information content (AvgIpc) is 2.69. The van der Waals surface area contributed by atoms with E-state index < -0.39 is 8.80 Å². The van der Waals surface area contributed by atoms with E-state index in [4.69, 9.17) is 13.3 Å². The predicted octanol–water partition coefficient (Wildman–Crippen LogP) is 5.99. The maximum atomic E-state index is 6.49. The summed E-state index contributed by atoms with van der Waals surface area (Å²) in [6, 6.07) is 16.8. The van der Waals surface area contributed by atoms with Crippen LogP contribution in [0.1, 0.15) is 30.9 Å². The molecule has 0 saturated heterocycles. The van der Waals surface area contributed by atoms with Gasteiger partial charge in [-0.15, -0.1) is 13.2 Å². The van der Waals surface area contributed by atoms with Gasteiger partial charge < -0.3 is 13.3 Å². The molecule has 2 aromatic rings. The summed E-state index contributed by atoms with van der Waals surface area (Å²) < 4.78 is 18.9. The molecule has 0 fully saturated rings. The van der Waals surface area contributed by atoms with Gasteiger partial charge in [-0.3, -0.25) is 0 Å². The fourth-order valence-corrected chi connectivity index (χ4v) is 5.36. The molecule has 0 heterocycles. The third kappa shape index (κ3) is 5.84. The second-order valence-corrected chi connectivity index (χ2v) is 9.08. The van der Waals surface area contributed by atoms with Crippen LogP contribution < -0.4 is 8.85 Å². The highest BCUT2D eigenvalue weighted by Crippen LogP contribution is 2.30. The minimum Gasteiger partial charge on any atom is -0.492 e. The second-order valence-electron chi connectivity index (χ2n) is 6.40. The molecule has 144 valence electrons. The second kappa shape index (κ2) is 10.8. The van der Waals surface area contributed by atoms with E-state index in [1.165, 1.54) is 0 Å². The standard InChI is InChI=1S/C23H30O3Si/c1-5-8-19-27(24-4,25-22-17-11-9-15-20(22)13-6-2)26-23-18-12-10-16-21(23)14-7-3/h6-7,9-12,15-18H,2-3,5,8,13-14,19H2,1,4H3. The molecule has 4 heteroatoms. The summed E-state index contributed by atoms with van der Waals surface area (Å²) >= 11 is 0. The average molecular weight is 383 g/mol. The Morgan fingerprint density at radius 3 is 1.74 bits per heavy atom. The van der Waals surface area contributed by atoms with Crippen LogP contribution in [-0.2, 0) is 17.3 Å². The first-order valence-electron chi connectivity index (χ1n) is 9.48. The maximum absolute atomic E-state index is 6.49. The van der Waals surface area contributed by atoms with E-state index in [0.717, 1.165) is 54.4 Å². The number of rotatable bonds is 12. The van der Waals surface area contributed by atoms with Crippen LogP contribution in [-0.4, -0.2) is 15.9 Å². The number of para-hydroxylation sites is 2. The summed E-state index contributed by atoms with van der Waals surface area (Å²) in [7, 11) is -1.27. The van der Waals surface area contributed by atoms with E-state index in [9.17, 15) is 0 Å². The van der Waals surface area contributed by atoms with Crippen molar-refractivity contribution in [1.29, 1.82) is 0 Å². The van der Waals surface area contributed by atoms with Crippen LogP contribution in [0.4, 0.5) is 0 Å². The number of hydrogen-bond donors (Lipinski definition) is 0. The molecule has 2 aromatic carbocycles. The van der Waals surface area contributed by atoms with Gasteiger partial charge in [0.2, 0.25) is 0 Å². The first-order chi connectivity index (χ1) is 13.2. The fraction of sp³-hybridized carbons (Fsp3) is 0.304. The van der Waals surface area contributed by atoms with Crippen molar-refractivity contribution >= 4 is 8.80 Å². The summed E-state index contributed by atoms with van der Waals surface area (Å²) in [6.45, 7) is 9.85. The third-order valence-corrected chi connectivity index (χ3v) is 7.00. The van der Waals surface area contributed by atoms with Crippen molar-refractivity contribution in [2.24, 2.45) is 0 Å². The SMILES string of the molecule is C=CCc1ccccc1O[Si](CCCC)(OC)Oc1ccccc1CC=C. The molecule has 0 aromatic heterocycles. The van der Waals surface area contributed by atoms with Crippen LogP contribution in [0.2, 0.25) is 6.04 Å². The van der Waals surface area contributed by atoms with Crippen LogP contribution in [0.3, 0.4) is 0 Å². The lowest BCUT2D eigenvalue weighted by Gasteiger charge is -2.30. The van der Waals surface area contributed by atoms with Gasteiger partial charge in [0.15, 0.2) is 0 Å². The molecular weight excluding hydrogens is 352 g/mol. The smallest absolute Gasteiger partial charge is 0.492 e. The van der Waals surface area contributed by atoms with Crippen molar-refractivity contribution < 1.29 is 13.3 Å². The van der Waals surface area contributed by atoms with Crippen molar-refractivity contribution in [3.05, 3.63) is 85.0 Å².